The Labute approximate surface area is 222 Å². The van der Waals surface area contributed by atoms with Crippen LogP contribution < -0.4 is 21.1 Å². The van der Waals surface area contributed by atoms with Gasteiger partial charge < -0.3 is 15.1 Å². The van der Waals surface area contributed by atoms with Gasteiger partial charge >= 0.3 is 6.03 Å². The molecule has 1 aliphatic heterocycles. The summed E-state index contributed by atoms with van der Waals surface area (Å²) in [5.41, 5.74) is 8.07. The second kappa shape index (κ2) is 12.7. The van der Waals surface area contributed by atoms with Crippen molar-refractivity contribution in [3.05, 3.63) is 57.6 Å². The van der Waals surface area contributed by atoms with Crippen LogP contribution in [0, 0.1) is 0 Å². The average Bonchev–Trinajstić information content (AvgIpc) is 3.43. The molecule has 1 fully saturated rings. The summed E-state index contributed by atoms with van der Waals surface area (Å²) in [6.07, 6.45) is 9.74. The number of benzene rings is 1. The van der Waals surface area contributed by atoms with Crippen molar-refractivity contribution in [2.75, 3.05) is 38.6 Å². The number of anilines is 1. The van der Waals surface area contributed by atoms with Crippen LogP contribution in [0.2, 0.25) is 0 Å². The van der Waals surface area contributed by atoms with Crippen molar-refractivity contribution in [3.8, 4) is 0 Å². The van der Waals surface area contributed by atoms with Gasteiger partial charge in [-0.25, -0.2) is 9.78 Å². The molecule has 2 aliphatic rings. The van der Waals surface area contributed by atoms with Crippen LogP contribution in [0.4, 0.5) is 10.5 Å². The largest absolute Gasteiger partial charge is 0.378 e. The lowest BCUT2D eigenvalue weighted by atomic mass is 9.97. The van der Waals surface area contributed by atoms with Gasteiger partial charge in [-0.2, -0.15) is 0 Å². The number of urea groups is 1. The number of nitrogens with zero attached hydrogens (tertiary/aromatic N) is 3. The first kappa shape index (κ1) is 26.7. The van der Waals surface area contributed by atoms with Crippen molar-refractivity contribution in [1.29, 1.82) is 0 Å². The molecule has 0 radical (unpaired) electrons. The maximum absolute atomic E-state index is 12.5. The summed E-state index contributed by atoms with van der Waals surface area (Å²) in [5, 5.41) is 5.66. The quantitative estimate of drug-likeness (QED) is 0.374. The van der Waals surface area contributed by atoms with Gasteiger partial charge in [-0.3, -0.25) is 20.4 Å². The van der Waals surface area contributed by atoms with E-state index in [9.17, 15) is 14.4 Å². The van der Waals surface area contributed by atoms with E-state index in [0.29, 0.717) is 25.2 Å². The Balaban J connectivity index is 1.19. The molecular weight excluding hydrogens is 488 g/mol. The zero-order chi connectivity index (χ0) is 26.2. The minimum atomic E-state index is -0.453. The Hall–Kier alpha value is -3.40. The molecule has 37 heavy (non-hydrogen) atoms. The summed E-state index contributed by atoms with van der Waals surface area (Å²) >= 11 is 1.44. The summed E-state index contributed by atoms with van der Waals surface area (Å²) in [6.45, 7) is 2.03. The molecule has 198 valence electrons. The molecule has 1 aliphatic carbocycles. The van der Waals surface area contributed by atoms with Crippen molar-refractivity contribution in [1.82, 2.24) is 26.1 Å². The first-order valence-corrected chi connectivity index (χ1v) is 13.8. The molecule has 10 heteroatoms. The SMILES string of the molecule is CN(C)c1ccc(C(=O)NNC(=O)c2csc(C3CCN(C(=O)NCCC4=CCCCC4)CC3)n2)cc1. The molecule has 0 saturated carbocycles. The molecular formula is C27H36N6O3S. The van der Waals surface area contributed by atoms with E-state index < -0.39 is 11.8 Å². The minimum Gasteiger partial charge on any atom is -0.378 e. The van der Waals surface area contributed by atoms with E-state index >= 15 is 0 Å². The van der Waals surface area contributed by atoms with E-state index in [1.807, 2.05) is 36.0 Å². The van der Waals surface area contributed by atoms with Gasteiger partial charge in [0.25, 0.3) is 11.8 Å². The highest BCUT2D eigenvalue weighted by molar-refractivity contribution is 7.09. The van der Waals surface area contributed by atoms with Crippen molar-refractivity contribution < 1.29 is 14.4 Å². The normalized spacial score (nSPS) is 16.1. The molecule has 4 amide bonds. The molecule has 0 bridgehead atoms. The molecule has 4 rings (SSSR count). The maximum Gasteiger partial charge on any atom is 0.317 e. The van der Waals surface area contributed by atoms with E-state index in [4.69, 9.17) is 0 Å². The Morgan fingerprint density at radius 2 is 1.78 bits per heavy atom. The third-order valence-corrected chi connectivity index (χ3v) is 7.94. The fraction of sp³-hybridized carbons (Fsp3) is 0.481. The van der Waals surface area contributed by atoms with Crippen molar-refractivity contribution in [2.24, 2.45) is 0 Å². The predicted octanol–water partition coefficient (Wildman–Crippen LogP) is 4.06. The number of aromatic nitrogens is 1. The predicted molar refractivity (Wildman–Crippen MR) is 146 cm³/mol. The van der Waals surface area contributed by atoms with Gasteiger partial charge in [0.05, 0.1) is 5.01 Å². The van der Waals surface area contributed by atoms with Gasteiger partial charge in [0.2, 0.25) is 0 Å². The highest BCUT2D eigenvalue weighted by atomic mass is 32.1. The number of allylic oxidation sites excluding steroid dienone is 1. The highest BCUT2D eigenvalue weighted by Gasteiger charge is 2.26. The topological polar surface area (TPSA) is 107 Å². The van der Waals surface area contributed by atoms with Crippen molar-refractivity contribution in [3.63, 3.8) is 0 Å². The Kier molecular flexibility index (Phi) is 9.16. The van der Waals surface area contributed by atoms with E-state index in [1.165, 1.54) is 29.8 Å². The van der Waals surface area contributed by atoms with E-state index in [1.54, 1.807) is 17.5 Å². The second-order valence-corrected chi connectivity index (χ2v) is 10.7. The van der Waals surface area contributed by atoms with Crippen LogP contribution in [-0.2, 0) is 0 Å². The molecule has 1 aromatic carbocycles. The smallest absolute Gasteiger partial charge is 0.317 e. The van der Waals surface area contributed by atoms with E-state index in [2.05, 4.69) is 27.2 Å². The number of thiazole rings is 1. The summed E-state index contributed by atoms with van der Waals surface area (Å²) in [4.78, 5) is 45.7. The second-order valence-electron chi connectivity index (χ2n) is 9.77. The lowest BCUT2D eigenvalue weighted by Gasteiger charge is -2.31. The molecule has 9 nitrogen and oxygen atoms in total. The maximum atomic E-state index is 12.5. The summed E-state index contributed by atoms with van der Waals surface area (Å²) < 4.78 is 0. The summed E-state index contributed by atoms with van der Waals surface area (Å²) in [6, 6.07) is 7.10. The van der Waals surface area contributed by atoms with Gasteiger partial charge in [-0.1, -0.05) is 11.6 Å². The summed E-state index contributed by atoms with van der Waals surface area (Å²) in [7, 11) is 3.85. The zero-order valence-electron chi connectivity index (χ0n) is 21.6. The van der Waals surface area contributed by atoms with E-state index in [0.717, 1.165) is 42.8 Å². The van der Waals surface area contributed by atoms with Crippen molar-refractivity contribution >= 4 is 34.9 Å². The number of amides is 4. The van der Waals surface area contributed by atoms with Gasteiger partial charge in [0, 0.05) is 56.3 Å². The number of rotatable bonds is 7. The number of carbonyl (C=O) groups excluding carboxylic acids is 3. The molecule has 0 atom stereocenters. The summed E-state index contributed by atoms with van der Waals surface area (Å²) in [5.74, 6) is -0.631. The lowest BCUT2D eigenvalue weighted by molar-refractivity contribution is 0.0844. The number of nitrogens with one attached hydrogen (secondary N) is 3. The van der Waals surface area contributed by atoms with Gasteiger partial charge in [0.1, 0.15) is 5.69 Å². The number of hydrogen-bond acceptors (Lipinski definition) is 6. The first-order valence-electron chi connectivity index (χ1n) is 12.9. The third kappa shape index (κ3) is 7.31. The minimum absolute atomic E-state index is 0.00107. The number of piperidine rings is 1. The molecule has 0 spiro atoms. The Morgan fingerprint density at radius 3 is 2.46 bits per heavy atom. The first-order chi connectivity index (χ1) is 17.9. The Morgan fingerprint density at radius 1 is 1.05 bits per heavy atom. The van der Waals surface area contributed by atoms with Crippen LogP contribution in [0.15, 0.2) is 41.3 Å². The molecule has 1 aromatic heterocycles. The van der Waals surface area contributed by atoms with Crippen LogP contribution in [-0.4, -0.2) is 61.5 Å². The standard InChI is InChI=1S/C27H36N6O3S/c1-32(2)22-10-8-20(9-11-22)24(34)30-31-25(35)23-18-37-26(29-23)21-13-16-33(17-14-21)27(36)28-15-12-19-6-4-3-5-7-19/h6,8-11,18,21H,3-5,7,12-17H2,1-2H3,(H,28,36)(H,30,34)(H,31,35). The number of hydrazine groups is 1. The van der Waals surface area contributed by atoms with Crippen LogP contribution in [0.3, 0.4) is 0 Å². The zero-order valence-corrected chi connectivity index (χ0v) is 22.4. The molecule has 2 heterocycles. The average molecular weight is 525 g/mol. The van der Waals surface area contributed by atoms with Crippen LogP contribution >= 0.6 is 11.3 Å². The van der Waals surface area contributed by atoms with Gasteiger partial charge in [-0.15, -0.1) is 11.3 Å². The number of likely N-dealkylation sites (tertiary alicyclic amines) is 1. The van der Waals surface area contributed by atoms with Crippen LogP contribution in [0.1, 0.15) is 76.7 Å². The lowest BCUT2D eigenvalue weighted by Crippen LogP contribution is -2.44. The van der Waals surface area contributed by atoms with Gasteiger partial charge in [0.15, 0.2) is 0 Å². The third-order valence-electron chi connectivity index (χ3n) is 6.93. The molecule has 1 saturated heterocycles. The monoisotopic (exact) mass is 524 g/mol. The number of hydrogen-bond donors (Lipinski definition) is 3. The van der Waals surface area contributed by atoms with E-state index in [-0.39, 0.29) is 17.6 Å². The molecule has 2 aromatic rings. The van der Waals surface area contributed by atoms with Gasteiger partial charge in [-0.05, 0) is 69.2 Å². The Bertz CT molecular complexity index is 1120. The molecule has 0 unspecified atom stereocenters. The molecule has 3 N–H and O–H groups in total. The highest BCUT2D eigenvalue weighted by Crippen LogP contribution is 2.30. The van der Waals surface area contributed by atoms with Crippen molar-refractivity contribution in [2.45, 2.75) is 50.9 Å². The number of carbonyl (C=O) groups is 3. The fourth-order valence-corrected chi connectivity index (χ4v) is 5.61. The fourth-order valence-electron chi connectivity index (χ4n) is 4.64. The van der Waals surface area contributed by atoms with Crippen LogP contribution in [0.5, 0.6) is 0 Å². The van der Waals surface area contributed by atoms with Crippen LogP contribution in [0.25, 0.3) is 0 Å².